The second kappa shape index (κ2) is 3.29. The molecule has 0 saturated heterocycles. The number of aryl methyl sites for hydroxylation is 1. The van der Waals surface area contributed by atoms with Gasteiger partial charge in [-0.1, -0.05) is 0 Å². The molecule has 0 atom stereocenters. The van der Waals surface area contributed by atoms with Crippen LogP contribution in [0.1, 0.15) is 11.1 Å². The molecule has 0 spiro atoms. The van der Waals surface area contributed by atoms with E-state index in [1.165, 1.54) is 5.56 Å². The summed E-state index contributed by atoms with van der Waals surface area (Å²) in [6.07, 6.45) is 0. The third-order valence-corrected chi connectivity index (χ3v) is 2.05. The van der Waals surface area contributed by atoms with Crippen LogP contribution in [0.25, 0.3) is 0 Å². The Balaban J connectivity index is 3.15. The fraction of sp³-hybridized carbons (Fsp3) is 0.125. The van der Waals surface area contributed by atoms with E-state index in [9.17, 15) is 0 Å². The normalized spacial score (nSPS) is 9.30. The molecule has 2 heteroatoms. The minimum atomic E-state index is 0.845. The van der Waals surface area contributed by atoms with E-state index in [-0.39, 0.29) is 0 Å². The summed E-state index contributed by atoms with van der Waals surface area (Å²) < 4.78 is 0.845. The summed E-state index contributed by atoms with van der Waals surface area (Å²) in [7, 11) is 0. The first-order valence-electron chi connectivity index (χ1n) is 2.99. The first-order chi connectivity index (χ1) is 4.72. The second-order valence-corrected chi connectivity index (χ2v) is 3.95. The molecule has 0 nitrogen and oxygen atoms in total. The standard InChI is InChI=1S/C8H8SSe/c1-6-4-2-3-5-7(6)8(9)10/h2-5H,1H3,(H,9,10)/p-1. The van der Waals surface area contributed by atoms with Crippen LogP contribution in [0.3, 0.4) is 0 Å². The zero-order valence-corrected chi connectivity index (χ0v) is 8.16. The van der Waals surface area contributed by atoms with Crippen LogP contribution >= 0.6 is 12.2 Å². The van der Waals surface area contributed by atoms with Crippen molar-refractivity contribution in [1.29, 1.82) is 0 Å². The van der Waals surface area contributed by atoms with Gasteiger partial charge in [0.05, 0.1) is 0 Å². The van der Waals surface area contributed by atoms with Crippen LogP contribution in [-0.2, 0) is 0 Å². The van der Waals surface area contributed by atoms with Gasteiger partial charge in [-0.25, -0.2) is 0 Å². The SMILES string of the molecule is Cc1ccccc1C(=S)[Se-]. The van der Waals surface area contributed by atoms with Gasteiger partial charge in [-0.3, -0.25) is 0 Å². The van der Waals surface area contributed by atoms with Gasteiger partial charge in [0.25, 0.3) is 0 Å². The number of thiocarbonyl (C=S) groups is 1. The molecule has 0 aliphatic carbocycles. The Kier molecular flexibility index (Phi) is 2.61. The van der Waals surface area contributed by atoms with E-state index in [1.807, 2.05) is 18.2 Å². The van der Waals surface area contributed by atoms with Crippen molar-refractivity contribution >= 4 is 32.0 Å². The predicted molar refractivity (Wildman–Crippen MR) is 48.6 cm³/mol. The first-order valence-corrected chi connectivity index (χ1v) is 4.25. The first kappa shape index (κ1) is 7.93. The van der Waals surface area contributed by atoms with Crippen LogP contribution in [0.2, 0.25) is 0 Å². The molecule has 0 N–H and O–H groups in total. The Hall–Kier alpha value is -0.171. The Morgan fingerprint density at radius 3 is 2.40 bits per heavy atom. The molecule has 0 unspecified atom stereocenters. The summed E-state index contributed by atoms with van der Waals surface area (Å²) in [5.41, 5.74) is 2.36. The summed E-state index contributed by atoms with van der Waals surface area (Å²) in [6, 6.07) is 8.08. The van der Waals surface area contributed by atoms with Crippen LogP contribution in [0.15, 0.2) is 24.3 Å². The molecule has 1 aromatic rings. The number of rotatable bonds is 1. The van der Waals surface area contributed by atoms with Crippen molar-refractivity contribution in [2.24, 2.45) is 0 Å². The van der Waals surface area contributed by atoms with Crippen molar-refractivity contribution in [3.8, 4) is 0 Å². The average Bonchev–Trinajstić information content (AvgIpc) is 1.88. The van der Waals surface area contributed by atoms with Gasteiger partial charge in [0.1, 0.15) is 0 Å². The van der Waals surface area contributed by atoms with Crippen molar-refractivity contribution in [2.75, 3.05) is 0 Å². The van der Waals surface area contributed by atoms with Crippen molar-refractivity contribution < 1.29 is 0 Å². The van der Waals surface area contributed by atoms with Crippen molar-refractivity contribution in [2.45, 2.75) is 6.92 Å². The van der Waals surface area contributed by atoms with Gasteiger partial charge < -0.3 is 0 Å². The van der Waals surface area contributed by atoms with E-state index in [0.717, 1.165) is 9.33 Å². The predicted octanol–water partition coefficient (Wildman–Crippen LogP) is 1.84. The molecule has 0 amide bonds. The summed E-state index contributed by atoms with van der Waals surface area (Å²) >= 11 is 7.82. The average molecular weight is 214 g/mol. The van der Waals surface area contributed by atoms with Crippen LogP contribution in [0.5, 0.6) is 0 Å². The number of hydrogen-bond acceptors (Lipinski definition) is 1. The molecule has 1 rings (SSSR count). The van der Waals surface area contributed by atoms with Crippen LogP contribution in [0.4, 0.5) is 0 Å². The van der Waals surface area contributed by atoms with Crippen LogP contribution in [0, 0.1) is 6.92 Å². The molecule has 1 aromatic carbocycles. The molecular formula is C8H7SSe-. The summed E-state index contributed by atoms with van der Waals surface area (Å²) in [5.74, 6) is 0. The van der Waals surface area contributed by atoms with E-state index in [1.54, 1.807) is 0 Å². The van der Waals surface area contributed by atoms with Gasteiger partial charge in [0.2, 0.25) is 0 Å². The Morgan fingerprint density at radius 1 is 1.40 bits per heavy atom. The van der Waals surface area contributed by atoms with Gasteiger partial charge in [0, 0.05) is 0 Å². The molecule has 0 radical (unpaired) electrons. The molecule has 52 valence electrons. The topological polar surface area (TPSA) is 0 Å². The summed E-state index contributed by atoms with van der Waals surface area (Å²) in [5, 5.41) is 0. The molecule has 0 fully saturated rings. The Bertz CT molecular complexity index is 255. The Morgan fingerprint density at radius 2 is 2.00 bits per heavy atom. The second-order valence-electron chi connectivity index (χ2n) is 2.10. The zero-order valence-electron chi connectivity index (χ0n) is 5.63. The molecule has 10 heavy (non-hydrogen) atoms. The summed E-state index contributed by atoms with van der Waals surface area (Å²) in [6.45, 7) is 2.05. The molecule has 0 aromatic heterocycles. The molecule has 0 saturated carbocycles. The van der Waals surface area contributed by atoms with Gasteiger partial charge in [0.15, 0.2) is 0 Å². The van der Waals surface area contributed by atoms with E-state index >= 15 is 0 Å². The molecule has 0 aliphatic rings. The molecular weight excluding hydrogens is 207 g/mol. The van der Waals surface area contributed by atoms with Crippen molar-refractivity contribution in [3.05, 3.63) is 35.4 Å². The van der Waals surface area contributed by atoms with Gasteiger partial charge in [-0.15, -0.1) is 0 Å². The Labute approximate surface area is 74.5 Å². The van der Waals surface area contributed by atoms with Gasteiger partial charge in [-0.05, 0) is 0 Å². The zero-order chi connectivity index (χ0) is 7.56. The molecule has 0 bridgehead atoms. The minimum absolute atomic E-state index is 0.845. The van der Waals surface area contributed by atoms with Crippen molar-refractivity contribution in [3.63, 3.8) is 0 Å². The maximum absolute atomic E-state index is 4.99. The van der Waals surface area contributed by atoms with Gasteiger partial charge in [-0.2, -0.15) is 0 Å². The third-order valence-electron chi connectivity index (χ3n) is 1.36. The summed E-state index contributed by atoms with van der Waals surface area (Å²) in [4.78, 5) is 0. The number of hydrogen-bond donors (Lipinski definition) is 0. The van der Waals surface area contributed by atoms with E-state index in [4.69, 9.17) is 12.2 Å². The van der Waals surface area contributed by atoms with Gasteiger partial charge >= 0.3 is 74.3 Å². The monoisotopic (exact) mass is 215 g/mol. The molecule has 0 heterocycles. The third kappa shape index (κ3) is 1.66. The van der Waals surface area contributed by atoms with Crippen LogP contribution in [-0.4, -0.2) is 19.8 Å². The quantitative estimate of drug-likeness (QED) is 0.507. The van der Waals surface area contributed by atoms with Crippen molar-refractivity contribution in [1.82, 2.24) is 0 Å². The fourth-order valence-electron chi connectivity index (χ4n) is 0.802. The van der Waals surface area contributed by atoms with E-state index in [2.05, 4.69) is 29.0 Å². The maximum atomic E-state index is 4.99. The van der Waals surface area contributed by atoms with E-state index in [0.29, 0.717) is 0 Å². The number of benzene rings is 1. The fourth-order valence-corrected chi connectivity index (χ4v) is 1.51. The van der Waals surface area contributed by atoms with Crippen LogP contribution < -0.4 is 0 Å². The molecule has 0 aliphatic heterocycles. The van der Waals surface area contributed by atoms with E-state index < -0.39 is 0 Å².